The third-order valence-corrected chi connectivity index (χ3v) is 3.62. The first-order valence-electron chi connectivity index (χ1n) is 7.12. The maximum atomic E-state index is 5.23. The molecule has 1 aromatic carbocycles. The summed E-state index contributed by atoms with van der Waals surface area (Å²) in [7, 11) is 0. The Labute approximate surface area is 136 Å². The first-order chi connectivity index (χ1) is 10.6. The number of aryl methyl sites for hydroxylation is 2. The summed E-state index contributed by atoms with van der Waals surface area (Å²) in [6.45, 7) is 6.77. The Bertz CT molecular complexity index is 680. The van der Waals surface area contributed by atoms with E-state index in [0.29, 0.717) is 11.7 Å². The average Bonchev–Trinajstić information content (AvgIpc) is 2.54. The van der Waals surface area contributed by atoms with Crippen LogP contribution in [0.1, 0.15) is 29.3 Å². The molecule has 1 aromatic heterocycles. The number of hydrogen-bond acceptors (Lipinski definition) is 3. The highest BCUT2D eigenvalue weighted by atomic mass is 32.1. The summed E-state index contributed by atoms with van der Waals surface area (Å²) in [6.07, 6.45) is 1.74. The number of hydrazone groups is 1. The van der Waals surface area contributed by atoms with Crippen LogP contribution in [0.25, 0.3) is 0 Å². The minimum atomic E-state index is 0.494. The summed E-state index contributed by atoms with van der Waals surface area (Å²) >= 11 is 5.23. The van der Waals surface area contributed by atoms with Gasteiger partial charge in [0.2, 0.25) is 0 Å². The van der Waals surface area contributed by atoms with E-state index in [1.54, 1.807) is 6.20 Å². The average molecular weight is 312 g/mol. The zero-order valence-electron chi connectivity index (χ0n) is 13.1. The molecule has 0 saturated heterocycles. The summed E-state index contributed by atoms with van der Waals surface area (Å²) in [5.41, 5.74) is 8.22. The van der Waals surface area contributed by atoms with Crippen LogP contribution in [0, 0.1) is 13.8 Å². The number of hydrogen-bond donors (Lipinski definition) is 2. The van der Waals surface area contributed by atoms with Gasteiger partial charge in [0.25, 0.3) is 0 Å². The Morgan fingerprint density at radius 3 is 2.68 bits per heavy atom. The van der Waals surface area contributed by atoms with E-state index in [-0.39, 0.29) is 0 Å². The largest absolute Gasteiger partial charge is 0.357 e. The molecule has 0 radical (unpaired) electrons. The minimum Gasteiger partial charge on any atom is -0.357 e. The predicted molar refractivity (Wildman–Crippen MR) is 94.9 cm³/mol. The molecular formula is C17H20N4S. The van der Waals surface area contributed by atoms with Gasteiger partial charge in [-0.1, -0.05) is 24.3 Å². The molecule has 0 aliphatic heterocycles. The molecule has 1 heterocycles. The normalized spacial score (nSPS) is 11.1. The predicted octanol–water partition coefficient (Wildman–Crippen LogP) is 3.09. The van der Waals surface area contributed by atoms with Crippen LogP contribution in [0.4, 0.5) is 0 Å². The van der Waals surface area contributed by atoms with Crippen LogP contribution in [-0.2, 0) is 6.54 Å². The maximum absolute atomic E-state index is 5.23. The summed E-state index contributed by atoms with van der Waals surface area (Å²) in [5, 5.41) is 7.88. The van der Waals surface area contributed by atoms with E-state index >= 15 is 0 Å². The lowest BCUT2D eigenvalue weighted by atomic mass is 10.1. The summed E-state index contributed by atoms with van der Waals surface area (Å²) in [5.74, 6) is 0. The van der Waals surface area contributed by atoms with Crippen LogP contribution >= 0.6 is 12.2 Å². The van der Waals surface area contributed by atoms with Crippen LogP contribution in [0.5, 0.6) is 0 Å². The highest BCUT2D eigenvalue weighted by molar-refractivity contribution is 7.80. The zero-order chi connectivity index (χ0) is 15.9. The number of aromatic nitrogens is 1. The zero-order valence-corrected chi connectivity index (χ0v) is 13.9. The van der Waals surface area contributed by atoms with E-state index in [2.05, 4.69) is 52.9 Å². The Morgan fingerprint density at radius 1 is 1.18 bits per heavy atom. The highest BCUT2D eigenvalue weighted by Gasteiger charge is 2.00. The Morgan fingerprint density at radius 2 is 2.00 bits per heavy atom. The first-order valence-corrected chi connectivity index (χ1v) is 7.53. The molecule has 5 heteroatoms. The van der Waals surface area contributed by atoms with Crippen LogP contribution < -0.4 is 10.7 Å². The van der Waals surface area contributed by atoms with Crippen LogP contribution in [0.15, 0.2) is 47.7 Å². The van der Waals surface area contributed by atoms with Crippen molar-refractivity contribution >= 4 is 23.0 Å². The Kier molecular flexibility index (Phi) is 5.61. The quantitative estimate of drug-likeness (QED) is 0.517. The second-order valence-corrected chi connectivity index (χ2v) is 5.53. The van der Waals surface area contributed by atoms with Gasteiger partial charge in [-0.15, -0.1) is 0 Å². The standard InChI is InChI=1S/C17H20N4S/c1-12-7-8-15(10-13(12)2)11-19-17(22)21-20-14(3)16-6-4-5-9-18-16/h4-10H,11H2,1-3H3,(H2,19,21,22)/b20-14+. The molecule has 22 heavy (non-hydrogen) atoms. The van der Waals surface area contributed by atoms with Crippen LogP contribution in [0.3, 0.4) is 0 Å². The molecular weight excluding hydrogens is 292 g/mol. The topological polar surface area (TPSA) is 49.3 Å². The molecule has 0 atom stereocenters. The van der Waals surface area contributed by atoms with Gasteiger partial charge in [-0.05, 0) is 61.8 Å². The van der Waals surface area contributed by atoms with E-state index in [1.165, 1.54) is 16.7 Å². The van der Waals surface area contributed by atoms with E-state index in [4.69, 9.17) is 12.2 Å². The lowest BCUT2D eigenvalue weighted by Crippen LogP contribution is -2.32. The molecule has 2 N–H and O–H groups in total. The molecule has 0 bridgehead atoms. The van der Waals surface area contributed by atoms with Crippen LogP contribution in [0.2, 0.25) is 0 Å². The molecule has 4 nitrogen and oxygen atoms in total. The third-order valence-electron chi connectivity index (χ3n) is 3.39. The van der Waals surface area contributed by atoms with Gasteiger partial charge in [-0.25, -0.2) is 0 Å². The fourth-order valence-electron chi connectivity index (χ4n) is 1.90. The van der Waals surface area contributed by atoms with Crippen molar-refractivity contribution in [2.75, 3.05) is 0 Å². The van der Waals surface area contributed by atoms with Crippen molar-refractivity contribution in [3.05, 3.63) is 65.0 Å². The van der Waals surface area contributed by atoms with Gasteiger partial charge in [-0.2, -0.15) is 5.10 Å². The van der Waals surface area contributed by atoms with E-state index in [1.807, 2.05) is 25.1 Å². The van der Waals surface area contributed by atoms with Gasteiger partial charge in [0.05, 0.1) is 11.4 Å². The third kappa shape index (κ3) is 4.63. The van der Waals surface area contributed by atoms with Gasteiger partial charge < -0.3 is 5.32 Å². The molecule has 0 saturated carbocycles. The second kappa shape index (κ2) is 7.66. The van der Waals surface area contributed by atoms with E-state index in [0.717, 1.165) is 11.4 Å². The van der Waals surface area contributed by atoms with Crippen molar-refractivity contribution < 1.29 is 0 Å². The van der Waals surface area contributed by atoms with Crippen molar-refractivity contribution in [2.45, 2.75) is 27.3 Å². The molecule has 0 aliphatic rings. The van der Waals surface area contributed by atoms with E-state index < -0.39 is 0 Å². The number of benzene rings is 1. The van der Waals surface area contributed by atoms with Crippen molar-refractivity contribution in [1.29, 1.82) is 0 Å². The number of thiocarbonyl (C=S) groups is 1. The highest BCUT2D eigenvalue weighted by Crippen LogP contribution is 2.09. The monoisotopic (exact) mass is 312 g/mol. The van der Waals surface area contributed by atoms with E-state index in [9.17, 15) is 0 Å². The molecule has 114 valence electrons. The van der Waals surface area contributed by atoms with Gasteiger partial charge in [0.15, 0.2) is 5.11 Å². The van der Waals surface area contributed by atoms with Gasteiger partial charge in [-0.3, -0.25) is 10.4 Å². The Balaban J connectivity index is 1.86. The molecule has 0 unspecified atom stereocenters. The fraction of sp³-hybridized carbons (Fsp3) is 0.235. The summed E-state index contributed by atoms with van der Waals surface area (Å²) in [6, 6.07) is 12.1. The van der Waals surface area contributed by atoms with Crippen molar-refractivity contribution in [3.8, 4) is 0 Å². The van der Waals surface area contributed by atoms with Gasteiger partial charge >= 0.3 is 0 Å². The number of nitrogens with zero attached hydrogens (tertiary/aromatic N) is 2. The molecule has 0 amide bonds. The smallest absolute Gasteiger partial charge is 0.187 e. The summed E-state index contributed by atoms with van der Waals surface area (Å²) < 4.78 is 0. The molecule has 0 spiro atoms. The maximum Gasteiger partial charge on any atom is 0.187 e. The van der Waals surface area contributed by atoms with Gasteiger partial charge in [0, 0.05) is 12.7 Å². The van der Waals surface area contributed by atoms with Gasteiger partial charge in [0.1, 0.15) is 0 Å². The lowest BCUT2D eigenvalue weighted by Gasteiger charge is -2.09. The van der Waals surface area contributed by atoms with Crippen molar-refractivity contribution in [2.24, 2.45) is 5.10 Å². The SMILES string of the molecule is C/C(=N\NC(=S)NCc1ccc(C)c(C)c1)c1ccccn1. The van der Waals surface area contributed by atoms with Crippen molar-refractivity contribution in [3.63, 3.8) is 0 Å². The summed E-state index contributed by atoms with van der Waals surface area (Å²) in [4.78, 5) is 4.23. The first kappa shape index (κ1) is 16.1. The number of rotatable bonds is 4. The molecule has 2 aromatic rings. The van der Waals surface area contributed by atoms with Crippen molar-refractivity contribution in [1.82, 2.24) is 15.7 Å². The lowest BCUT2D eigenvalue weighted by molar-refractivity contribution is 0.864. The second-order valence-electron chi connectivity index (χ2n) is 5.13. The molecule has 2 rings (SSSR count). The van der Waals surface area contributed by atoms with Crippen LogP contribution in [-0.4, -0.2) is 15.8 Å². The Hall–Kier alpha value is -2.27. The molecule has 0 aliphatic carbocycles. The number of pyridine rings is 1. The fourth-order valence-corrected chi connectivity index (χ4v) is 2.02. The minimum absolute atomic E-state index is 0.494. The number of nitrogens with one attached hydrogen (secondary N) is 2. The molecule has 0 fully saturated rings.